The SMILES string of the molecule is CC(C)(C)c1ccccc1C1(C#N)CCC1. The first-order chi connectivity index (χ1) is 7.49. The van der Waals surface area contributed by atoms with E-state index in [9.17, 15) is 5.26 Å². The second kappa shape index (κ2) is 3.63. The molecule has 0 heterocycles. The highest BCUT2D eigenvalue weighted by Crippen LogP contribution is 2.46. The van der Waals surface area contributed by atoms with E-state index in [-0.39, 0.29) is 10.8 Å². The molecule has 2 rings (SSSR count). The smallest absolute Gasteiger partial charge is 0.0825 e. The Bertz CT molecular complexity index is 427. The molecule has 0 bridgehead atoms. The number of nitrogens with zero attached hydrogens (tertiary/aromatic N) is 1. The van der Waals surface area contributed by atoms with Gasteiger partial charge in [0.25, 0.3) is 0 Å². The van der Waals surface area contributed by atoms with Crippen LogP contribution in [0.3, 0.4) is 0 Å². The van der Waals surface area contributed by atoms with Crippen molar-refractivity contribution in [2.75, 3.05) is 0 Å². The summed E-state index contributed by atoms with van der Waals surface area (Å²) in [5.74, 6) is 0. The molecule has 1 nitrogen and oxygen atoms in total. The van der Waals surface area contributed by atoms with Crippen molar-refractivity contribution < 1.29 is 0 Å². The Kier molecular flexibility index (Phi) is 2.54. The molecule has 0 unspecified atom stereocenters. The molecule has 0 spiro atoms. The van der Waals surface area contributed by atoms with Gasteiger partial charge in [0, 0.05) is 0 Å². The first-order valence-electron chi connectivity index (χ1n) is 6.01. The molecule has 16 heavy (non-hydrogen) atoms. The maximum Gasteiger partial charge on any atom is 0.0825 e. The maximum atomic E-state index is 9.43. The fourth-order valence-electron chi connectivity index (χ4n) is 2.53. The molecule has 0 amide bonds. The van der Waals surface area contributed by atoms with E-state index in [0.29, 0.717) is 0 Å². The van der Waals surface area contributed by atoms with Crippen molar-refractivity contribution in [2.45, 2.75) is 50.9 Å². The Balaban J connectivity index is 2.54. The topological polar surface area (TPSA) is 23.8 Å². The van der Waals surface area contributed by atoms with Crippen LogP contribution in [0.25, 0.3) is 0 Å². The van der Waals surface area contributed by atoms with Crippen molar-refractivity contribution in [1.29, 1.82) is 5.26 Å². The van der Waals surface area contributed by atoms with Crippen LogP contribution in [0.2, 0.25) is 0 Å². The van der Waals surface area contributed by atoms with Gasteiger partial charge in [-0.05, 0) is 35.8 Å². The van der Waals surface area contributed by atoms with E-state index in [1.165, 1.54) is 17.5 Å². The first kappa shape index (κ1) is 11.2. The van der Waals surface area contributed by atoms with Gasteiger partial charge in [0.1, 0.15) is 0 Å². The van der Waals surface area contributed by atoms with Crippen molar-refractivity contribution in [3.05, 3.63) is 35.4 Å². The van der Waals surface area contributed by atoms with Crippen LogP contribution in [0.15, 0.2) is 24.3 Å². The first-order valence-corrected chi connectivity index (χ1v) is 6.01. The van der Waals surface area contributed by atoms with E-state index in [1.807, 2.05) is 0 Å². The van der Waals surface area contributed by atoms with E-state index < -0.39 is 0 Å². The molecule has 0 radical (unpaired) electrons. The summed E-state index contributed by atoms with van der Waals surface area (Å²) in [7, 11) is 0. The van der Waals surface area contributed by atoms with Crippen molar-refractivity contribution in [2.24, 2.45) is 0 Å². The molecule has 1 aromatic carbocycles. The highest BCUT2D eigenvalue weighted by Gasteiger charge is 2.41. The molecule has 1 fully saturated rings. The van der Waals surface area contributed by atoms with Gasteiger partial charge in [0.2, 0.25) is 0 Å². The van der Waals surface area contributed by atoms with Crippen LogP contribution in [0.5, 0.6) is 0 Å². The van der Waals surface area contributed by atoms with Crippen LogP contribution < -0.4 is 0 Å². The van der Waals surface area contributed by atoms with Gasteiger partial charge in [-0.1, -0.05) is 45.0 Å². The molecular formula is C15H19N. The molecule has 0 saturated heterocycles. The van der Waals surface area contributed by atoms with Gasteiger partial charge in [-0.3, -0.25) is 0 Å². The molecule has 1 aliphatic rings. The molecule has 0 atom stereocenters. The van der Waals surface area contributed by atoms with Crippen LogP contribution in [-0.2, 0) is 10.8 Å². The maximum absolute atomic E-state index is 9.43. The minimum atomic E-state index is -0.191. The lowest BCUT2D eigenvalue weighted by Crippen LogP contribution is -2.35. The minimum Gasteiger partial charge on any atom is -0.197 e. The fourth-order valence-corrected chi connectivity index (χ4v) is 2.53. The number of nitriles is 1. The lowest BCUT2D eigenvalue weighted by Gasteiger charge is -2.39. The quantitative estimate of drug-likeness (QED) is 0.693. The molecule has 1 aliphatic carbocycles. The van der Waals surface area contributed by atoms with Gasteiger partial charge in [-0.15, -0.1) is 0 Å². The molecule has 1 aromatic rings. The third-order valence-electron chi connectivity index (χ3n) is 3.67. The number of rotatable bonds is 1. The summed E-state index contributed by atoms with van der Waals surface area (Å²) in [5, 5.41) is 9.43. The summed E-state index contributed by atoms with van der Waals surface area (Å²) in [6, 6.07) is 11.0. The number of hydrogen-bond donors (Lipinski definition) is 0. The Morgan fingerprint density at radius 1 is 1.19 bits per heavy atom. The molecule has 0 aromatic heterocycles. The van der Waals surface area contributed by atoms with Crippen molar-refractivity contribution >= 4 is 0 Å². The summed E-state index contributed by atoms with van der Waals surface area (Å²) >= 11 is 0. The van der Waals surface area contributed by atoms with Crippen LogP contribution in [-0.4, -0.2) is 0 Å². The van der Waals surface area contributed by atoms with Crippen LogP contribution in [0.4, 0.5) is 0 Å². The van der Waals surface area contributed by atoms with E-state index in [2.05, 4.69) is 51.1 Å². The normalized spacial score (nSPS) is 18.6. The summed E-state index contributed by atoms with van der Waals surface area (Å²) in [4.78, 5) is 0. The zero-order valence-electron chi connectivity index (χ0n) is 10.4. The Morgan fingerprint density at radius 2 is 1.81 bits per heavy atom. The van der Waals surface area contributed by atoms with E-state index >= 15 is 0 Å². The van der Waals surface area contributed by atoms with Gasteiger partial charge in [-0.25, -0.2) is 0 Å². The van der Waals surface area contributed by atoms with Gasteiger partial charge < -0.3 is 0 Å². The lowest BCUT2D eigenvalue weighted by molar-refractivity contribution is 0.318. The average Bonchev–Trinajstić information content (AvgIpc) is 2.16. The highest BCUT2D eigenvalue weighted by atomic mass is 14.5. The van der Waals surface area contributed by atoms with Crippen LogP contribution >= 0.6 is 0 Å². The van der Waals surface area contributed by atoms with Gasteiger partial charge >= 0.3 is 0 Å². The third-order valence-corrected chi connectivity index (χ3v) is 3.67. The summed E-state index contributed by atoms with van der Waals surface area (Å²) in [6.07, 6.45) is 3.24. The Labute approximate surface area is 98.1 Å². The molecule has 0 N–H and O–H groups in total. The number of hydrogen-bond acceptors (Lipinski definition) is 1. The molecular weight excluding hydrogens is 194 g/mol. The van der Waals surface area contributed by atoms with Gasteiger partial charge in [0.05, 0.1) is 11.5 Å². The molecule has 1 saturated carbocycles. The highest BCUT2D eigenvalue weighted by molar-refractivity contribution is 5.44. The van der Waals surface area contributed by atoms with Gasteiger partial charge in [0.15, 0.2) is 0 Å². The summed E-state index contributed by atoms with van der Waals surface area (Å²) in [6.45, 7) is 6.65. The van der Waals surface area contributed by atoms with Crippen LogP contribution in [0, 0.1) is 11.3 Å². The van der Waals surface area contributed by atoms with Crippen LogP contribution in [0.1, 0.15) is 51.2 Å². The zero-order chi connectivity index (χ0) is 11.8. The van der Waals surface area contributed by atoms with Crippen molar-refractivity contribution in [3.8, 4) is 6.07 Å². The largest absolute Gasteiger partial charge is 0.197 e. The molecule has 0 aliphatic heterocycles. The summed E-state index contributed by atoms with van der Waals surface area (Å²) in [5.41, 5.74) is 2.52. The minimum absolute atomic E-state index is 0.121. The molecule has 1 heteroatoms. The summed E-state index contributed by atoms with van der Waals surface area (Å²) < 4.78 is 0. The monoisotopic (exact) mass is 213 g/mol. The lowest BCUT2D eigenvalue weighted by atomic mass is 9.62. The van der Waals surface area contributed by atoms with Gasteiger partial charge in [-0.2, -0.15) is 5.26 Å². The number of benzene rings is 1. The predicted octanol–water partition coefficient (Wildman–Crippen LogP) is 3.93. The van der Waals surface area contributed by atoms with E-state index in [0.717, 1.165) is 12.8 Å². The standard InChI is InChI=1S/C15H19N/c1-14(2,3)12-7-4-5-8-13(12)15(11-16)9-6-10-15/h4-5,7-8H,6,9-10H2,1-3H3. The second-order valence-corrected chi connectivity index (χ2v) is 5.84. The Hall–Kier alpha value is -1.29. The van der Waals surface area contributed by atoms with E-state index in [4.69, 9.17) is 0 Å². The van der Waals surface area contributed by atoms with E-state index in [1.54, 1.807) is 0 Å². The predicted molar refractivity (Wildman–Crippen MR) is 66.3 cm³/mol. The Morgan fingerprint density at radius 3 is 2.25 bits per heavy atom. The molecule has 84 valence electrons. The second-order valence-electron chi connectivity index (χ2n) is 5.84. The van der Waals surface area contributed by atoms with Crippen molar-refractivity contribution in [3.63, 3.8) is 0 Å². The average molecular weight is 213 g/mol. The fraction of sp³-hybridized carbons (Fsp3) is 0.533. The van der Waals surface area contributed by atoms with Crippen molar-refractivity contribution in [1.82, 2.24) is 0 Å². The third kappa shape index (κ3) is 1.63. The zero-order valence-corrected chi connectivity index (χ0v) is 10.4.